The van der Waals surface area contributed by atoms with E-state index in [4.69, 9.17) is 4.74 Å². The van der Waals surface area contributed by atoms with Gasteiger partial charge in [-0.25, -0.2) is 4.79 Å². The van der Waals surface area contributed by atoms with Crippen molar-refractivity contribution in [2.75, 3.05) is 18.7 Å². The third kappa shape index (κ3) is 3.78. The first-order valence-corrected chi connectivity index (χ1v) is 10.7. The zero-order valence-electron chi connectivity index (χ0n) is 19.4. The van der Waals surface area contributed by atoms with E-state index in [1.807, 2.05) is 51.0 Å². The Kier molecular flexibility index (Phi) is 5.53. The van der Waals surface area contributed by atoms with Gasteiger partial charge in [0.2, 0.25) is 0 Å². The van der Waals surface area contributed by atoms with Crippen molar-refractivity contribution in [2.24, 2.45) is 0 Å². The molecule has 0 radical (unpaired) electrons. The smallest absolute Gasteiger partial charge is 0.341 e. The van der Waals surface area contributed by atoms with Crippen molar-refractivity contribution in [1.29, 1.82) is 0 Å². The molecule has 2 N–H and O–H groups in total. The van der Waals surface area contributed by atoms with E-state index in [1.165, 1.54) is 12.3 Å². The number of rotatable bonds is 6. The average molecular weight is 453 g/mol. The monoisotopic (exact) mass is 452 g/mol. The molecule has 0 saturated carbocycles. The Morgan fingerprint density at radius 3 is 2.55 bits per heavy atom. The van der Waals surface area contributed by atoms with Crippen LogP contribution in [0.1, 0.15) is 43.6 Å². The summed E-state index contributed by atoms with van der Waals surface area (Å²) in [6, 6.07) is 5.33. The normalized spacial score (nSPS) is 13.1. The fourth-order valence-corrected chi connectivity index (χ4v) is 4.03. The largest absolute Gasteiger partial charge is 0.496 e. The van der Waals surface area contributed by atoms with Crippen molar-refractivity contribution < 1.29 is 19.7 Å². The fourth-order valence-electron chi connectivity index (χ4n) is 4.03. The molecule has 9 nitrogen and oxygen atoms in total. The molecule has 3 heterocycles. The van der Waals surface area contributed by atoms with Crippen LogP contribution in [0, 0.1) is 0 Å². The topological polar surface area (TPSA) is 110 Å². The summed E-state index contributed by atoms with van der Waals surface area (Å²) >= 11 is 0. The van der Waals surface area contributed by atoms with Crippen molar-refractivity contribution in [3.63, 3.8) is 0 Å². The maximum absolute atomic E-state index is 12.5. The van der Waals surface area contributed by atoms with Gasteiger partial charge < -0.3 is 20.0 Å². The third-order valence-corrected chi connectivity index (χ3v) is 6.07. The molecular weight excluding hydrogens is 424 g/mol. The molecule has 1 aliphatic heterocycles. The Bertz CT molecular complexity index is 1290. The van der Waals surface area contributed by atoms with Crippen molar-refractivity contribution in [2.45, 2.75) is 45.8 Å². The number of hydrogen-bond donors (Lipinski definition) is 2. The molecule has 1 aliphatic rings. The first-order valence-electron chi connectivity index (χ1n) is 10.7. The van der Waals surface area contributed by atoms with Crippen LogP contribution in [-0.4, -0.2) is 50.4 Å². The van der Waals surface area contributed by atoms with Gasteiger partial charge in [0.05, 0.1) is 37.7 Å². The van der Waals surface area contributed by atoms with Crippen LogP contribution in [0.25, 0.3) is 22.4 Å². The summed E-state index contributed by atoms with van der Waals surface area (Å²) in [6.07, 6.45) is 5.01. The molecule has 174 valence electrons. The minimum atomic E-state index is -1.25. The highest BCUT2D eigenvalue weighted by Crippen LogP contribution is 2.39. The van der Waals surface area contributed by atoms with E-state index < -0.39 is 16.9 Å². The van der Waals surface area contributed by atoms with Crippen LogP contribution in [0.2, 0.25) is 0 Å². The predicted molar refractivity (Wildman–Crippen MR) is 124 cm³/mol. The second kappa shape index (κ2) is 8.08. The quantitative estimate of drug-likeness (QED) is 0.592. The lowest BCUT2D eigenvalue weighted by Gasteiger charge is -2.38. The Hall–Kier alpha value is -3.59. The SMILES string of the molecule is COc1cc2c(cc1-c1cnn(C(C)(C)CO)c1)CN(C(C)C)n1cc(C(=O)O)c(=O)cc1-2. The summed E-state index contributed by atoms with van der Waals surface area (Å²) in [7, 11) is 1.58. The molecule has 3 aromatic rings. The molecule has 4 rings (SSSR count). The number of carboxylic acids is 1. The molecule has 0 aliphatic carbocycles. The number of nitrogens with zero attached hydrogens (tertiary/aromatic N) is 4. The van der Waals surface area contributed by atoms with E-state index in [0.717, 1.165) is 22.3 Å². The highest BCUT2D eigenvalue weighted by molar-refractivity contribution is 5.88. The van der Waals surface area contributed by atoms with Crippen LogP contribution < -0.4 is 15.2 Å². The van der Waals surface area contributed by atoms with Gasteiger partial charge in [0.15, 0.2) is 5.43 Å². The van der Waals surface area contributed by atoms with Gasteiger partial charge in [-0.1, -0.05) is 0 Å². The van der Waals surface area contributed by atoms with Crippen molar-refractivity contribution in [3.05, 3.63) is 58.1 Å². The molecule has 2 aromatic heterocycles. The van der Waals surface area contributed by atoms with Crippen LogP contribution in [0.5, 0.6) is 5.75 Å². The molecule has 0 fully saturated rings. The number of aliphatic hydroxyl groups is 1. The minimum absolute atomic E-state index is 0.0529. The number of ether oxygens (including phenoxy) is 1. The summed E-state index contributed by atoms with van der Waals surface area (Å²) in [5, 5.41) is 25.6. The molecule has 33 heavy (non-hydrogen) atoms. The van der Waals surface area contributed by atoms with Crippen molar-refractivity contribution >= 4 is 5.97 Å². The lowest BCUT2D eigenvalue weighted by atomic mass is 9.95. The number of pyridine rings is 1. The highest BCUT2D eigenvalue weighted by atomic mass is 16.5. The number of methoxy groups -OCH3 is 1. The summed E-state index contributed by atoms with van der Waals surface area (Å²) < 4.78 is 9.16. The van der Waals surface area contributed by atoms with Gasteiger partial charge in [-0.2, -0.15) is 5.10 Å². The Labute approximate surface area is 191 Å². The standard InChI is InChI=1S/C24H28N4O5/c1-14(2)26-10-15-6-18(16-9-25-28(11-16)24(3,4)13-29)22(33-5)7-17(15)20-8-21(30)19(23(31)32)12-27(20)26/h6-9,11-12,14,29H,10,13H2,1-5H3,(H,31,32). The van der Waals surface area contributed by atoms with Crippen molar-refractivity contribution in [1.82, 2.24) is 14.5 Å². The van der Waals surface area contributed by atoms with Gasteiger partial charge in [-0.3, -0.25) is 14.2 Å². The Balaban J connectivity index is 1.91. The Morgan fingerprint density at radius 1 is 1.21 bits per heavy atom. The molecule has 0 bridgehead atoms. The fraction of sp³-hybridized carbons (Fsp3) is 0.375. The van der Waals surface area contributed by atoms with Crippen LogP contribution >= 0.6 is 0 Å². The maximum atomic E-state index is 12.5. The molecule has 1 aromatic carbocycles. The second-order valence-corrected chi connectivity index (χ2v) is 9.13. The number of aliphatic hydroxyl groups excluding tert-OH is 1. The molecule has 0 spiro atoms. The van der Waals surface area contributed by atoms with Gasteiger partial charge in [-0.05, 0) is 45.4 Å². The number of hydrogen-bond acceptors (Lipinski definition) is 6. The Morgan fingerprint density at radius 2 is 1.94 bits per heavy atom. The highest BCUT2D eigenvalue weighted by Gasteiger charge is 2.28. The number of benzene rings is 1. The first-order chi connectivity index (χ1) is 15.6. The number of fused-ring (bicyclic) bond motifs is 3. The minimum Gasteiger partial charge on any atom is -0.496 e. The zero-order valence-corrected chi connectivity index (χ0v) is 19.4. The molecular formula is C24H28N4O5. The van der Waals surface area contributed by atoms with Crippen LogP contribution in [0.15, 0.2) is 41.6 Å². The molecule has 0 amide bonds. The second-order valence-electron chi connectivity index (χ2n) is 9.13. The molecule has 0 unspecified atom stereocenters. The van der Waals surface area contributed by atoms with E-state index in [9.17, 15) is 19.8 Å². The van der Waals surface area contributed by atoms with Gasteiger partial charge >= 0.3 is 5.97 Å². The summed E-state index contributed by atoms with van der Waals surface area (Å²) in [5.74, 6) is -0.644. The lowest BCUT2D eigenvalue weighted by Crippen LogP contribution is -2.44. The van der Waals surface area contributed by atoms with Crippen LogP contribution in [0.3, 0.4) is 0 Å². The summed E-state index contributed by atoms with van der Waals surface area (Å²) in [6.45, 7) is 8.29. The molecule has 0 atom stereocenters. The lowest BCUT2D eigenvalue weighted by molar-refractivity contribution is 0.0694. The molecule has 0 saturated heterocycles. The maximum Gasteiger partial charge on any atom is 0.341 e. The van der Waals surface area contributed by atoms with Gasteiger partial charge in [0.1, 0.15) is 11.3 Å². The third-order valence-electron chi connectivity index (χ3n) is 6.07. The van der Waals surface area contributed by atoms with Crippen molar-refractivity contribution in [3.8, 4) is 28.1 Å². The number of aromatic carboxylic acids is 1. The number of carbonyl (C=O) groups is 1. The van der Waals surface area contributed by atoms with E-state index in [-0.39, 0.29) is 18.2 Å². The van der Waals surface area contributed by atoms with Gasteiger partial charge in [0, 0.05) is 41.2 Å². The average Bonchev–Trinajstić information content (AvgIpc) is 3.28. The first kappa shape index (κ1) is 22.6. The number of aromatic nitrogens is 3. The summed E-state index contributed by atoms with van der Waals surface area (Å²) in [5.41, 5.74) is 2.74. The molecule has 9 heteroatoms. The van der Waals surface area contributed by atoms with Gasteiger partial charge in [0.25, 0.3) is 0 Å². The number of carboxylic acid groups (broad SMARTS) is 1. The zero-order chi connectivity index (χ0) is 24.1. The van der Waals surface area contributed by atoms with E-state index >= 15 is 0 Å². The van der Waals surface area contributed by atoms with Crippen LogP contribution in [0.4, 0.5) is 0 Å². The van der Waals surface area contributed by atoms with Gasteiger partial charge in [-0.15, -0.1) is 0 Å². The predicted octanol–water partition coefficient (Wildman–Crippen LogP) is 2.67. The summed E-state index contributed by atoms with van der Waals surface area (Å²) in [4.78, 5) is 24.1. The van der Waals surface area contributed by atoms with E-state index in [0.29, 0.717) is 18.0 Å². The van der Waals surface area contributed by atoms with E-state index in [2.05, 4.69) is 5.10 Å². The van der Waals surface area contributed by atoms with Crippen LogP contribution in [-0.2, 0) is 12.1 Å². The van der Waals surface area contributed by atoms with E-state index in [1.54, 1.807) is 22.7 Å².